The third-order valence-corrected chi connectivity index (χ3v) is 5.07. The van der Waals surface area contributed by atoms with Crippen molar-refractivity contribution >= 4 is 11.4 Å². The number of fused-ring (bicyclic) bond motifs is 3. The maximum atomic E-state index is 6.40. The first-order valence-electron chi connectivity index (χ1n) is 8.66. The van der Waals surface area contributed by atoms with E-state index in [9.17, 15) is 0 Å². The summed E-state index contributed by atoms with van der Waals surface area (Å²) < 4.78 is 6.40. The summed E-state index contributed by atoms with van der Waals surface area (Å²) in [5.74, 6) is 2.14. The summed E-state index contributed by atoms with van der Waals surface area (Å²) in [6, 6.07) is 15.3. The van der Waals surface area contributed by atoms with Crippen LogP contribution in [0.4, 0.5) is 5.69 Å². The van der Waals surface area contributed by atoms with Gasteiger partial charge in [0, 0.05) is 36.8 Å². The van der Waals surface area contributed by atoms with E-state index in [0.717, 1.165) is 43.9 Å². The zero-order chi connectivity index (χ0) is 15.8. The van der Waals surface area contributed by atoms with Gasteiger partial charge in [-0.3, -0.25) is 0 Å². The standard InChI is InChI=1S/C21H23NO/c1-3-22(4-2)18-12-11-16-13-17-10-9-15-7-5-6-8-19(15)21(17)23-20(16)14-18/h5-8,11-12,14H,3-4,9-10,13H2,1-2H3. The molecule has 0 saturated carbocycles. The number of hydrogen-bond acceptors (Lipinski definition) is 2. The highest BCUT2D eigenvalue weighted by Crippen LogP contribution is 2.41. The molecule has 4 rings (SSSR count). The van der Waals surface area contributed by atoms with Crippen molar-refractivity contribution in [1.82, 2.24) is 0 Å². The van der Waals surface area contributed by atoms with E-state index >= 15 is 0 Å². The maximum Gasteiger partial charge on any atom is 0.134 e. The molecule has 0 saturated heterocycles. The van der Waals surface area contributed by atoms with Gasteiger partial charge in [0.2, 0.25) is 0 Å². The van der Waals surface area contributed by atoms with Crippen molar-refractivity contribution in [3.8, 4) is 5.75 Å². The van der Waals surface area contributed by atoms with Crippen LogP contribution in [0.15, 0.2) is 48.0 Å². The largest absolute Gasteiger partial charge is 0.456 e. The van der Waals surface area contributed by atoms with Crippen LogP contribution >= 0.6 is 0 Å². The van der Waals surface area contributed by atoms with E-state index < -0.39 is 0 Å². The van der Waals surface area contributed by atoms with Crippen LogP contribution in [0.3, 0.4) is 0 Å². The Kier molecular flexibility index (Phi) is 3.60. The molecule has 2 aliphatic rings. The van der Waals surface area contributed by atoms with Gasteiger partial charge in [0.05, 0.1) is 0 Å². The molecule has 0 fully saturated rings. The van der Waals surface area contributed by atoms with Crippen molar-refractivity contribution in [1.29, 1.82) is 0 Å². The number of benzene rings is 2. The molecule has 0 N–H and O–H groups in total. The van der Waals surface area contributed by atoms with E-state index in [1.54, 1.807) is 0 Å². The molecule has 0 radical (unpaired) electrons. The topological polar surface area (TPSA) is 12.5 Å². The fraction of sp³-hybridized carbons (Fsp3) is 0.333. The predicted molar refractivity (Wildman–Crippen MR) is 96.0 cm³/mol. The number of hydrogen-bond donors (Lipinski definition) is 0. The molecule has 0 unspecified atom stereocenters. The Hall–Kier alpha value is -2.22. The van der Waals surface area contributed by atoms with Crippen molar-refractivity contribution in [2.75, 3.05) is 18.0 Å². The van der Waals surface area contributed by atoms with E-state index in [-0.39, 0.29) is 0 Å². The molecule has 2 aromatic carbocycles. The lowest BCUT2D eigenvalue weighted by Gasteiger charge is -2.30. The minimum absolute atomic E-state index is 1.02. The lowest BCUT2D eigenvalue weighted by Crippen LogP contribution is -2.22. The van der Waals surface area contributed by atoms with Crippen LogP contribution in [0.5, 0.6) is 5.75 Å². The molecule has 1 heterocycles. The van der Waals surface area contributed by atoms with Gasteiger partial charge >= 0.3 is 0 Å². The fourth-order valence-corrected chi connectivity index (χ4v) is 3.75. The number of ether oxygens (including phenoxy) is 1. The second-order valence-electron chi connectivity index (χ2n) is 6.33. The van der Waals surface area contributed by atoms with Crippen LogP contribution in [0.1, 0.15) is 37.0 Å². The zero-order valence-electron chi connectivity index (χ0n) is 13.9. The quantitative estimate of drug-likeness (QED) is 0.805. The Bertz CT molecular complexity index is 771. The minimum atomic E-state index is 1.02. The van der Waals surface area contributed by atoms with Crippen LogP contribution in [0.25, 0.3) is 5.76 Å². The highest BCUT2D eigenvalue weighted by Gasteiger charge is 2.26. The third-order valence-electron chi connectivity index (χ3n) is 5.07. The van der Waals surface area contributed by atoms with Gasteiger partial charge in [-0.1, -0.05) is 30.3 Å². The monoisotopic (exact) mass is 305 g/mol. The lowest BCUT2D eigenvalue weighted by molar-refractivity contribution is 0.482. The molecule has 0 amide bonds. The Morgan fingerprint density at radius 2 is 1.78 bits per heavy atom. The highest BCUT2D eigenvalue weighted by molar-refractivity contribution is 5.73. The molecule has 2 heteroatoms. The fourth-order valence-electron chi connectivity index (χ4n) is 3.75. The summed E-state index contributed by atoms with van der Waals surface area (Å²) >= 11 is 0. The van der Waals surface area contributed by atoms with E-state index in [2.05, 4.69) is 61.2 Å². The first-order chi connectivity index (χ1) is 11.3. The Morgan fingerprint density at radius 1 is 0.957 bits per heavy atom. The Labute approximate surface area is 138 Å². The maximum absolute atomic E-state index is 6.40. The third kappa shape index (κ3) is 2.42. The molecular formula is C21H23NO. The van der Waals surface area contributed by atoms with Crippen LogP contribution in [-0.4, -0.2) is 13.1 Å². The van der Waals surface area contributed by atoms with Crippen LogP contribution in [0, 0.1) is 0 Å². The predicted octanol–water partition coefficient (Wildman–Crippen LogP) is 4.83. The van der Waals surface area contributed by atoms with Crippen molar-refractivity contribution < 1.29 is 4.74 Å². The second kappa shape index (κ2) is 5.77. The van der Waals surface area contributed by atoms with Gasteiger partial charge in [-0.05, 0) is 49.5 Å². The van der Waals surface area contributed by atoms with Gasteiger partial charge < -0.3 is 9.64 Å². The molecule has 2 nitrogen and oxygen atoms in total. The van der Waals surface area contributed by atoms with E-state index in [4.69, 9.17) is 4.74 Å². The summed E-state index contributed by atoms with van der Waals surface area (Å²) in [5.41, 5.74) is 6.72. The van der Waals surface area contributed by atoms with Gasteiger partial charge in [0.1, 0.15) is 11.5 Å². The molecule has 2 aromatic rings. The number of nitrogens with zero attached hydrogens (tertiary/aromatic N) is 1. The molecule has 23 heavy (non-hydrogen) atoms. The second-order valence-corrected chi connectivity index (χ2v) is 6.33. The molecule has 0 aromatic heterocycles. The lowest BCUT2D eigenvalue weighted by atomic mass is 9.86. The van der Waals surface area contributed by atoms with Crippen molar-refractivity contribution in [3.63, 3.8) is 0 Å². The van der Waals surface area contributed by atoms with E-state index in [1.165, 1.54) is 28.0 Å². The summed E-state index contributed by atoms with van der Waals surface area (Å²) in [5, 5.41) is 0. The highest BCUT2D eigenvalue weighted by atomic mass is 16.5. The molecule has 1 aliphatic carbocycles. The molecule has 0 bridgehead atoms. The van der Waals surface area contributed by atoms with Gasteiger partial charge in [-0.2, -0.15) is 0 Å². The summed E-state index contributed by atoms with van der Waals surface area (Å²) in [7, 11) is 0. The number of allylic oxidation sites excluding steroid dienone is 1. The minimum Gasteiger partial charge on any atom is -0.456 e. The van der Waals surface area contributed by atoms with Gasteiger partial charge in [-0.15, -0.1) is 0 Å². The van der Waals surface area contributed by atoms with E-state index in [0.29, 0.717) is 0 Å². The van der Waals surface area contributed by atoms with Gasteiger partial charge in [-0.25, -0.2) is 0 Å². The summed E-state index contributed by atoms with van der Waals surface area (Å²) in [6.07, 6.45) is 3.27. The van der Waals surface area contributed by atoms with Crippen molar-refractivity contribution in [2.45, 2.75) is 33.1 Å². The number of aryl methyl sites for hydroxylation is 1. The number of anilines is 1. The Morgan fingerprint density at radius 3 is 2.61 bits per heavy atom. The van der Waals surface area contributed by atoms with Crippen LogP contribution in [0.2, 0.25) is 0 Å². The number of rotatable bonds is 3. The van der Waals surface area contributed by atoms with Crippen molar-refractivity contribution in [2.24, 2.45) is 0 Å². The summed E-state index contributed by atoms with van der Waals surface area (Å²) in [6.45, 7) is 6.43. The normalized spacial score (nSPS) is 15.4. The summed E-state index contributed by atoms with van der Waals surface area (Å²) in [4.78, 5) is 2.36. The smallest absolute Gasteiger partial charge is 0.134 e. The molecule has 118 valence electrons. The first kappa shape index (κ1) is 14.4. The SMILES string of the molecule is CCN(CC)c1ccc2c(c1)OC1=C(CCc3ccccc31)C2. The average Bonchev–Trinajstić information content (AvgIpc) is 2.61. The molecule has 1 aliphatic heterocycles. The van der Waals surface area contributed by atoms with Crippen molar-refractivity contribution in [3.05, 3.63) is 64.7 Å². The zero-order valence-corrected chi connectivity index (χ0v) is 13.9. The molecule has 0 atom stereocenters. The van der Waals surface area contributed by atoms with Gasteiger partial charge in [0.25, 0.3) is 0 Å². The first-order valence-corrected chi connectivity index (χ1v) is 8.66. The molecule has 0 spiro atoms. The Balaban J connectivity index is 1.72. The van der Waals surface area contributed by atoms with E-state index in [1.807, 2.05) is 0 Å². The average molecular weight is 305 g/mol. The van der Waals surface area contributed by atoms with Crippen LogP contribution < -0.4 is 9.64 Å². The molecular weight excluding hydrogens is 282 g/mol. The van der Waals surface area contributed by atoms with Crippen LogP contribution in [-0.2, 0) is 12.8 Å². The van der Waals surface area contributed by atoms with Gasteiger partial charge in [0.15, 0.2) is 0 Å².